The highest BCUT2D eigenvalue weighted by Crippen LogP contribution is 2.19. The zero-order chi connectivity index (χ0) is 20.6. The molecule has 6 nitrogen and oxygen atoms in total. The Hall–Kier alpha value is -2.44. The maximum absolute atomic E-state index is 12.7. The lowest BCUT2D eigenvalue weighted by molar-refractivity contribution is -0.129. The van der Waals surface area contributed by atoms with E-state index in [1.807, 2.05) is 56.3 Å². The molecular formula is C23H31N3O3. The van der Waals surface area contributed by atoms with Crippen molar-refractivity contribution < 1.29 is 14.3 Å². The minimum Gasteiger partial charge on any atom is -0.379 e. The highest BCUT2D eigenvalue weighted by molar-refractivity contribution is 5.92. The highest BCUT2D eigenvalue weighted by Gasteiger charge is 2.24. The van der Waals surface area contributed by atoms with Crippen LogP contribution in [0.3, 0.4) is 0 Å². The number of benzene rings is 2. The van der Waals surface area contributed by atoms with Gasteiger partial charge in [-0.25, -0.2) is 0 Å². The van der Waals surface area contributed by atoms with Crippen molar-refractivity contribution in [2.24, 2.45) is 5.92 Å². The number of hydrogen-bond donors (Lipinski definition) is 2. The lowest BCUT2D eigenvalue weighted by Crippen LogP contribution is -2.51. The number of nitrogens with zero attached hydrogens (tertiary/aromatic N) is 1. The minimum absolute atomic E-state index is 0.00912. The molecule has 1 heterocycles. The summed E-state index contributed by atoms with van der Waals surface area (Å²) in [5.41, 5.74) is 0.968. The van der Waals surface area contributed by atoms with E-state index in [0.717, 1.165) is 49.2 Å². The number of morpholine rings is 1. The zero-order valence-electron chi connectivity index (χ0n) is 17.3. The van der Waals surface area contributed by atoms with Gasteiger partial charge < -0.3 is 15.4 Å². The van der Waals surface area contributed by atoms with Crippen LogP contribution in [0.5, 0.6) is 0 Å². The largest absolute Gasteiger partial charge is 0.379 e. The van der Waals surface area contributed by atoms with E-state index in [0.29, 0.717) is 6.54 Å². The molecule has 0 radical (unpaired) electrons. The molecule has 1 atom stereocenters. The first-order valence-electron chi connectivity index (χ1n) is 10.4. The van der Waals surface area contributed by atoms with Gasteiger partial charge in [0.1, 0.15) is 6.04 Å². The van der Waals surface area contributed by atoms with Gasteiger partial charge in [0.15, 0.2) is 0 Å². The fourth-order valence-electron chi connectivity index (χ4n) is 3.65. The van der Waals surface area contributed by atoms with Crippen molar-refractivity contribution in [2.75, 3.05) is 39.4 Å². The summed E-state index contributed by atoms with van der Waals surface area (Å²) in [5.74, 6) is -0.252. The van der Waals surface area contributed by atoms with E-state index in [-0.39, 0.29) is 24.2 Å². The number of amides is 2. The molecule has 29 heavy (non-hydrogen) atoms. The molecule has 2 aromatic carbocycles. The molecule has 2 aromatic rings. The van der Waals surface area contributed by atoms with Crippen LogP contribution >= 0.6 is 0 Å². The van der Waals surface area contributed by atoms with Gasteiger partial charge in [-0.3, -0.25) is 14.5 Å². The minimum atomic E-state index is -0.540. The van der Waals surface area contributed by atoms with E-state index in [4.69, 9.17) is 4.74 Å². The monoisotopic (exact) mass is 397 g/mol. The summed E-state index contributed by atoms with van der Waals surface area (Å²) in [6, 6.07) is 13.5. The quantitative estimate of drug-likeness (QED) is 0.715. The summed E-state index contributed by atoms with van der Waals surface area (Å²) in [6.07, 6.45) is 0.256. The van der Waals surface area contributed by atoms with Crippen molar-refractivity contribution in [3.8, 4) is 0 Å². The maximum atomic E-state index is 12.7. The Morgan fingerprint density at radius 2 is 1.79 bits per heavy atom. The molecule has 3 rings (SSSR count). The fourth-order valence-corrected chi connectivity index (χ4v) is 3.65. The standard InChI is InChI=1S/C23H31N3O3/c1-17(2)22(23(28)24-10-11-26-12-14-29-15-13-26)25-21(27)16-19-8-5-7-18-6-3-4-9-20(18)19/h3-9,17,22H,10-16H2,1-2H3,(H,24,28)(H,25,27). The third-order valence-electron chi connectivity index (χ3n) is 5.33. The molecule has 156 valence electrons. The van der Waals surface area contributed by atoms with Crippen LogP contribution in [0, 0.1) is 5.92 Å². The van der Waals surface area contributed by atoms with Crippen molar-refractivity contribution >= 4 is 22.6 Å². The van der Waals surface area contributed by atoms with Gasteiger partial charge >= 0.3 is 0 Å². The van der Waals surface area contributed by atoms with Crippen LogP contribution in [0.2, 0.25) is 0 Å². The van der Waals surface area contributed by atoms with Gasteiger partial charge in [-0.1, -0.05) is 56.3 Å². The van der Waals surface area contributed by atoms with Crippen LogP contribution in [0.15, 0.2) is 42.5 Å². The predicted molar refractivity (Wildman–Crippen MR) is 115 cm³/mol. The van der Waals surface area contributed by atoms with Gasteiger partial charge in [0.2, 0.25) is 11.8 Å². The third kappa shape index (κ3) is 6.02. The van der Waals surface area contributed by atoms with Gasteiger partial charge in [0.05, 0.1) is 19.6 Å². The van der Waals surface area contributed by atoms with Gasteiger partial charge in [0, 0.05) is 26.2 Å². The molecule has 0 aliphatic carbocycles. The van der Waals surface area contributed by atoms with Crippen LogP contribution in [0.1, 0.15) is 19.4 Å². The van der Waals surface area contributed by atoms with Crippen molar-refractivity contribution in [3.63, 3.8) is 0 Å². The number of nitrogens with one attached hydrogen (secondary N) is 2. The summed E-state index contributed by atoms with van der Waals surface area (Å²) >= 11 is 0. The van der Waals surface area contributed by atoms with E-state index in [1.54, 1.807) is 0 Å². The zero-order valence-corrected chi connectivity index (χ0v) is 17.3. The first kappa shape index (κ1) is 21.3. The van der Waals surface area contributed by atoms with Gasteiger partial charge in [-0.15, -0.1) is 0 Å². The Labute approximate surface area is 172 Å². The van der Waals surface area contributed by atoms with Gasteiger partial charge in [0.25, 0.3) is 0 Å². The Balaban J connectivity index is 1.54. The number of carbonyl (C=O) groups is 2. The second-order valence-corrected chi connectivity index (χ2v) is 7.85. The van der Waals surface area contributed by atoms with Gasteiger partial charge in [-0.05, 0) is 22.3 Å². The maximum Gasteiger partial charge on any atom is 0.242 e. The van der Waals surface area contributed by atoms with Crippen LogP contribution in [-0.2, 0) is 20.7 Å². The number of carbonyl (C=O) groups excluding carboxylic acids is 2. The van der Waals surface area contributed by atoms with Crippen LogP contribution in [-0.4, -0.2) is 62.1 Å². The van der Waals surface area contributed by atoms with Crippen molar-refractivity contribution in [1.29, 1.82) is 0 Å². The Kier molecular flexibility index (Phi) is 7.61. The molecule has 1 unspecified atom stereocenters. The summed E-state index contributed by atoms with van der Waals surface area (Å²) in [5, 5.41) is 8.09. The second kappa shape index (κ2) is 10.4. The van der Waals surface area contributed by atoms with Gasteiger partial charge in [-0.2, -0.15) is 0 Å². The molecular weight excluding hydrogens is 366 g/mol. The molecule has 0 bridgehead atoms. The molecule has 1 aliphatic rings. The van der Waals surface area contributed by atoms with Crippen LogP contribution in [0.25, 0.3) is 10.8 Å². The summed E-state index contributed by atoms with van der Waals surface area (Å²) in [4.78, 5) is 27.6. The van der Waals surface area contributed by atoms with Crippen LogP contribution < -0.4 is 10.6 Å². The van der Waals surface area contributed by atoms with Crippen molar-refractivity contribution in [3.05, 3.63) is 48.0 Å². The van der Waals surface area contributed by atoms with E-state index in [9.17, 15) is 9.59 Å². The number of hydrogen-bond acceptors (Lipinski definition) is 4. The van der Waals surface area contributed by atoms with E-state index in [2.05, 4.69) is 15.5 Å². The molecule has 2 amide bonds. The van der Waals surface area contributed by atoms with Crippen LogP contribution in [0.4, 0.5) is 0 Å². The summed E-state index contributed by atoms with van der Waals surface area (Å²) in [7, 11) is 0. The second-order valence-electron chi connectivity index (χ2n) is 7.85. The van der Waals surface area contributed by atoms with E-state index >= 15 is 0 Å². The topological polar surface area (TPSA) is 70.7 Å². The van der Waals surface area contributed by atoms with Crippen molar-refractivity contribution in [1.82, 2.24) is 15.5 Å². The normalized spacial score (nSPS) is 16.0. The number of ether oxygens (including phenoxy) is 1. The first-order valence-corrected chi connectivity index (χ1v) is 10.4. The van der Waals surface area contributed by atoms with E-state index < -0.39 is 6.04 Å². The Morgan fingerprint density at radius 1 is 1.07 bits per heavy atom. The Bertz CT molecular complexity index is 826. The van der Waals surface area contributed by atoms with Crippen molar-refractivity contribution in [2.45, 2.75) is 26.3 Å². The highest BCUT2D eigenvalue weighted by atomic mass is 16.5. The molecule has 6 heteroatoms. The van der Waals surface area contributed by atoms with E-state index in [1.165, 1.54) is 0 Å². The molecule has 0 saturated carbocycles. The average molecular weight is 398 g/mol. The molecule has 1 aliphatic heterocycles. The number of fused-ring (bicyclic) bond motifs is 1. The third-order valence-corrected chi connectivity index (χ3v) is 5.33. The fraction of sp³-hybridized carbons (Fsp3) is 0.478. The molecule has 1 saturated heterocycles. The average Bonchev–Trinajstić information content (AvgIpc) is 2.73. The summed E-state index contributed by atoms with van der Waals surface area (Å²) in [6.45, 7) is 8.54. The predicted octanol–water partition coefficient (Wildman–Crippen LogP) is 1.97. The lowest BCUT2D eigenvalue weighted by atomic mass is 10.0. The lowest BCUT2D eigenvalue weighted by Gasteiger charge is -2.27. The molecule has 1 fully saturated rings. The first-order chi connectivity index (χ1) is 14.0. The molecule has 2 N–H and O–H groups in total. The molecule has 0 spiro atoms. The smallest absolute Gasteiger partial charge is 0.242 e. The molecule has 0 aromatic heterocycles. The summed E-state index contributed by atoms with van der Waals surface area (Å²) < 4.78 is 5.34. The Morgan fingerprint density at radius 3 is 2.55 bits per heavy atom. The SMILES string of the molecule is CC(C)C(NC(=O)Cc1cccc2ccccc12)C(=O)NCCN1CCOCC1. The number of rotatable bonds is 8.